The number of piperidine rings is 1. The highest BCUT2D eigenvalue weighted by Gasteiger charge is 2.26. The summed E-state index contributed by atoms with van der Waals surface area (Å²) in [4.78, 5) is 18.4. The topological polar surface area (TPSA) is 72.1 Å². The summed E-state index contributed by atoms with van der Waals surface area (Å²) < 4.78 is 5.50. The molecule has 3 heterocycles. The zero-order valence-electron chi connectivity index (χ0n) is 13.4. The van der Waals surface area contributed by atoms with Crippen LogP contribution in [-0.2, 0) is 11.2 Å². The molecule has 3 rings (SSSR count). The smallest absolute Gasteiger partial charge is 0.222 e. The summed E-state index contributed by atoms with van der Waals surface area (Å²) in [5.41, 5.74) is 1.19. The SMILES string of the molecule is Cc1nnc(C2CCN(C(=O)CCCc3cccnc3)CC2)o1. The van der Waals surface area contributed by atoms with Crippen molar-refractivity contribution >= 4 is 5.91 Å². The molecular formula is C17H22N4O2. The molecule has 0 radical (unpaired) electrons. The van der Waals surface area contributed by atoms with Crippen molar-refractivity contribution in [3.63, 3.8) is 0 Å². The maximum Gasteiger partial charge on any atom is 0.222 e. The van der Waals surface area contributed by atoms with E-state index in [4.69, 9.17) is 4.42 Å². The van der Waals surface area contributed by atoms with Crippen molar-refractivity contribution in [1.82, 2.24) is 20.1 Å². The number of pyridine rings is 1. The average Bonchev–Trinajstić information content (AvgIpc) is 3.02. The fourth-order valence-corrected chi connectivity index (χ4v) is 3.00. The molecule has 2 aromatic heterocycles. The van der Waals surface area contributed by atoms with Gasteiger partial charge in [0.15, 0.2) is 0 Å². The van der Waals surface area contributed by atoms with Crippen LogP contribution in [0.3, 0.4) is 0 Å². The Hall–Kier alpha value is -2.24. The Balaban J connectivity index is 1.41. The van der Waals surface area contributed by atoms with Crippen molar-refractivity contribution in [3.05, 3.63) is 41.9 Å². The van der Waals surface area contributed by atoms with Crippen LogP contribution in [0.5, 0.6) is 0 Å². The largest absolute Gasteiger partial charge is 0.425 e. The molecule has 0 aliphatic carbocycles. The molecule has 0 spiro atoms. The minimum atomic E-state index is 0.244. The van der Waals surface area contributed by atoms with Gasteiger partial charge in [0.1, 0.15) is 0 Å². The van der Waals surface area contributed by atoms with Gasteiger partial charge < -0.3 is 9.32 Å². The molecule has 23 heavy (non-hydrogen) atoms. The second-order valence-corrected chi connectivity index (χ2v) is 6.03. The molecule has 6 heteroatoms. The van der Waals surface area contributed by atoms with Crippen molar-refractivity contribution in [2.75, 3.05) is 13.1 Å². The van der Waals surface area contributed by atoms with E-state index in [9.17, 15) is 4.79 Å². The first-order valence-electron chi connectivity index (χ1n) is 8.19. The molecule has 1 fully saturated rings. The summed E-state index contributed by atoms with van der Waals surface area (Å²) >= 11 is 0. The third-order valence-electron chi connectivity index (χ3n) is 4.32. The zero-order valence-corrected chi connectivity index (χ0v) is 13.4. The molecule has 1 aliphatic heterocycles. The van der Waals surface area contributed by atoms with Gasteiger partial charge in [-0.3, -0.25) is 9.78 Å². The van der Waals surface area contributed by atoms with E-state index in [1.54, 1.807) is 13.1 Å². The second kappa shape index (κ2) is 7.35. The Morgan fingerprint density at radius 2 is 2.17 bits per heavy atom. The molecule has 0 bridgehead atoms. The van der Waals surface area contributed by atoms with E-state index in [1.807, 2.05) is 17.2 Å². The monoisotopic (exact) mass is 314 g/mol. The molecule has 6 nitrogen and oxygen atoms in total. The molecule has 1 aliphatic rings. The van der Waals surface area contributed by atoms with E-state index in [1.165, 1.54) is 5.56 Å². The van der Waals surface area contributed by atoms with Crippen molar-refractivity contribution in [3.8, 4) is 0 Å². The van der Waals surface area contributed by atoms with E-state index >= 15 is 0 Å². The standard InChI is InChI=1S/C17H22N4O2/c1-13-19-20-17(23-13)15-7-10-21(11-8-15)16(22)6-2-4-14-5-3-9-18-12-14/h3,5,9,12,15H,2,4,6-8,10-11H2,1H3. The summed E-state index contributed by atoms with van der Waals surface area (Å²) in [7, 11) is 0. The normalized spacial score (nSPS) is 15.8. The Bertz CT molecular complexity index is 633. The first kappa shape index (κ1) is 15.6. The lowest BCUT2D eigenvalue weighted by Crippen LogP contribution is -2.37. The molecule has 0 atom stereocenters. The molecule has 0 N–H and O–H groups in total. The number of likely N-dealkylation sites (tertiary alicyclic amines) is 1. The zero-order chi connectivity index (χ0) is 16.1. The number of nitrogens with zero attached hydrogens (tertiary/aromatic N) is 4. The number of hydrogen-bond acceptors (Lipinski definition) is 5. The van der Waals surface area contributed by atoms with Gasteiger partial charge in [-0.15, -0.1) is 10.2 Å². The van der Waals surface area contributed by atoms with Crippen molar-refractivity contribution < 1.29 is 9.21 Å². The molecule has 2 aromatic rings. The fourth-order valence-electron chi connectivity index (χ4n) is 3.00. The predicted octanol–water partition coefficient (Wildman–Crippen LogP) is 2.50. The van der Waals surface area contributed by atoms with Gasteiger partial charge in [0.2, 0.25) is 17.7 Å². The maximum absolute atomic E-state index is 12.3. The number of amides is 1. The Morgan fingerprint density at radius 1 is 1.35 bits per heavy atom. The number of rotatable bonds is 5. The summed E-state index contributed by atoms with van der Waals surface area (Å²) in [5, 5.41) is 7.98. The van der Waals surface area contributed by atoms with Crippen LogP contribution in [0.25, 0.3) is 0 Å². The molecule has 122 valence electrons. The van der Waals surface area contributed by atoms with Crippen LogP contribution in [0.1, 0.15) is 48.9 Å². The highest BCUT2D eigenvalue weighted by molar-refractivity contribution is 5.76. The van der Waals surface area contributed by atoms with Crippen LogP contribution in [0, 0.1) is 6.92 Å². The van der Waals surface area contributed by atoms with E-state index in [0.717, 1.165) is 38.8 Å². The average molecular weight is 314 g/mol. The van der Waals surface area contributed by atoms with Crippen molar-refractivity contribution in [2.45, 2.75) is 44.9 Å². The van der Waals surface area contributed by atoms with Crippen LogP contribution in [0.2, 0.25) is 0 Å². The third kappa shape index (κ3) is 4.15. The predicted molar refractivity (Wildman–Crippen MR) is 84.8 cm³/mol. The number of aryl methyl sites for hydroxylation is 2. The lowest BCUT2D eigenvalue weighted by atomic mass is 9.96. The van der Waals surface area contributed by atoms with Crippen LogP contribution < -0.4 is 0 Å². The maximum atomic E-state index is 12.3. The molecule has 0 aromatic carbocycles. The number of hydrogen-bond donors (Lipinski definition) is 0. The minimum absolute atomic E-state index is 0.244. The van der Waals surface area contributed by atoms with Crippen molar-refractivity contribution in [1.29, 1.82) is 0 Å². The van der Waals surface area contributed by atoms with Gasteiger partial charge in [-0.1, -0.05) is 6.07 Å². The summed E-state index contributed by atoms with van der Waals surface area (Å²) in [6, 6.07) is 3.98. The van der Waals surface area contributed by atoms with Crippen LogP contribution in [0.4, 0.5) is 0 Å². The van der Waals surface area contributed by atoms with Gasteiger partial charge in [-0.2, -0.15) is 0 Å². The Kier molecular flexibility index (Phi) is 5.00. The number of carbonyl (C=O) groups excluding carboxylic acids is 1. The van der Waals surface area contributed by atoms with E-state index in [0.29, 0.717) is 18.2 Å². The van der Waals surface area contributed by atoms with Gasteiger partial charge in [0.05, 0.1) is 0 Å². The molecule has 0 unspecified atom stereocenters. The van der Waals surface area contributed by atoms with Crippen LogP contribution in [0.15, 0.2) is 28.9 Å². The van der Waals surface area contributed by atoms with Gasteiger partial charge in [0, 0.05) is 44.7 Å². The summed E-state index contributed by atoms with van der Waals surface area (Å²) in [6.07, 6.45) is 7.79. The minimum Gasteiger partial charge on any atom is -0.425 e. The second-order valence-electron chi connectivity index (χ2n) is 6.03. The van der Waals surface area contributed by atoms with E-state index < -0.39 is 0 Å². The van der Waals surface area contributed by atoms with E-state index in [2.05, 4.69) is 21.2 Å². The van der Waals surface area contributed by atoms with Gasteiger partial charge in [-0.05, 0) is 37.3 Å². The summed E-state index contributed by atoms with van der Waals surface area (Å²) in [6.45, 7) is 3.35. The lowest BCUT2D eigenvalue weighted by Gasteiger charge is -2.30. The highest BCUT2D eigenvalue weighted by atomic mass is 16.4. The lowest BCUT2D eigenvalue weighted by molar-refractivity contribution is -0.132. The molecule has 1 amide bonds. The number of carbonyl (C=O) groups is 1. The molecular weight excluding hydrogens is 292 g/mol. The van der Waals surface area contributed by atoms with E-state index in [-0.39, 0.29) is 11.8 Å². The van der Waals surface area contributed by atoms with Crippen molar-refractivity contribution in [2.24, 2.45) is 0 Å². The number of aromatic nitrogens is 3. The highest BCUT2D eigenvalue weighted by Crippen LogP contribution is 2.27. The first-order valence-corrected chi connectivity index (χ1v) is 8.19. The third-order valence-corrected chi connectivity index (χ3v) is 4.32. The van der Waals surface area contributed by atoms with Gasteiger partial charge >= 0.3 is 0 Å². The van der Waals surface area contributed by atoms with Crippen LogP contribution >= 0.6 is 0 Å². The van der Waals surface area contributed by atoms with Gasteiger partial charge in [-0.25, -0.2) is 0 Å². The molecule has 1 saturated heterocycles. The van der Waals surface area contributed by atoms with Gasteiger partial charge in [0.25, 0.3) is 0 Å². The first-order chi connectivity index (χ1) is 11.2. The van der Waals surface area contributed by atoms with Crippen LogP contribution in [-0.4, -0.2) is 39.1 Å². The Morgan fingerprint density at radius 3 is 2.83 bits per heavy atom. The fraction of sp³-hybridized carbons (Fsp3) is 0.529. The quantitative estimate of drug-likeness (QED) is 0.848. The molecule has 0 saturated carbocycles. The Labute approximate surface area is 135 Å². The summed E-state index contributed by atoms with van der Waals surface area (Å²) in [5.74, 6) is 1.85.